The normalized spacial score (nSPS) is 15.2. The van der Waals surface area contributed by atoms with Gasteiger partial charge >= 0.3 is 0 Å². The van der Waals surface area contributed by atoms with Gasteiger partial charge in [0.1, 0.15) is 5.76 Å². The van der Waals surface area contributed by atoms with Crippen molar-refractivity contribution in [1.82, 2.24) is 15.2 Å². The lowest BCUT2D eigenvalue weighted by Crippen LogP contribution is -2.36. The lowest BCUT2D eigenvalue weighted by molar-refractivity contribution is -0.120. The van der Waals surface area contributed by atoms with E-state index in [-0.39, 0.29) is 12.3 Å². The quantitative estimate of drug-likeness (QED) is 0.716. The summed E-state index contributed by atoms with van der Waals surface area (Å²) in [6, 6.07) is 10.5. The monoisotopic (exact) mass is 369 g/mol. The molecule has 1 N–H and O–H groups in total. The summed E-state index contributed by atoms with van der Waals surface area (Å²) in [7, 11) is 2.21. The number of nitrogens with zero attached hydrogens (tertiary/aromatic N) is 2. The minimum Gasteiger partial charge on any atom is -0.441 e. The van der Waals surface area contributed by atoms with Crippen LogP contribution >= 0.6 is 0 Å². The summed E-state index contributed by atoms with van der Waals surface area (Å²) in [6.07, 6.45) is 7.97. The van der Waals surface area contributed by atoms with Crippen LogP contribution in [0.3, 0.4) is 0 Å². The smallest absolute Gasteiger partial charge is 0.226 e. The van der Waals surface area contributed by atoms with E-state index in [0.29, 0.717) is 23.9 Å². The van der Waals surface area contributed by atoms with Gasteiger partial charge in [-0.05, 0) is 51.9 Å². The van der Waals surface area contributed by atoms with Gasteiger partial charge in [0.05, 0.1) is 12.1 Å². The van der Waals surface area contributed by atoms with Gasteiger partial charge in [0.25, 0.3) is 0 Å². The molecule has 1 aliphatic carbocycles. The highest BCUT2D eigenvalue weighted by Crippen LogP contribution is 2.22. The molecule has 1 aromatic heterocycles. The second-order valence-electron chi connectivity index (χ2n) is 7.54. The summed E-state index contributed by atoms with van der Waals surface area (Å²) in [5.74, 6) is 1.29. The van der Waals surface area contributed by atoms with Crippen LogP contribution in [-0.2, 0) is 11.2 Å². The van der Waals surface area contributed by atoms with Gasteiger partial charge < -0.3 is 14.6 Å². The van der Waals surface area contributed by atoms with Crippen LogP contribution in [0.15, 0.2) is 34.7 Å². The Kier molecular flexibility index (Phi) is 7.04. The van der Waals surface area contributed by atoms with Crippen LogP contribution in [0, 0.1) is 6.92 Å². The number of nitrogens with one attached hydrogen (secondary N) is 1. The Morgan fingerprint density at radius 1 is 1.22 bits per heavy atom. The van der Waals surface area contributed by atoms with Crippen LogP contribution in [0.2, 0.25) is 0 Å². The summed E-state index contributed by atoms with van der Waals surface area (Å²) in [6.45, 7) is 3.60. The van der Waals surface area contributed by atoms with Gasteiger partial charge in [0.15, 0.2) is 0 Å². The van der Waals surface area contributed by atoms with Crippen LogP contribution in [0.25, 0.3) is 11.5 Å². The highest BCUT2D eigenvalue weighted by molar-refractivity contribution is 5.78. The van der Waals surface area contributed by atoms with Crippen molar-refractivity contribution in [1.29, 1.82) is 0 Å². The molecular formula is C22H31N3O2. The van der Waals surface area contributed by atoms with E-state index >= 15 is 0 Å². The summed E-state index contributed by atoms with van der Waals surface area (Å²) < 4.78 is 5.73. The van der Waals surface area contributed by atoms with Crippen LogP contribution in [0.1, 0.15) is 50.0 Å². The van der Waals surface area contributed by atoms with Crippen molar-refractivity contribution in [2.24, 2.45) is 0 Å². The van der Waals surface area contributed by atoms with Crippen LogP contribution in [0.5, 0.6) is 0 Å². The van der Waals surface area contributed by atoms with E-state index in [1.165, 1.54) is 32.1 Å². The SMILES string of the molecule is Cc1oc(-c2ccccc2)nc1CC(=O)NCCCN(C)C1CCCCC1. The van der Waals surface area contributed by atoms with Gasteiger partial charge in [-0.1, -0.05) is 37.5 Å². The first-order chi connectivity index (χ1) is 13.1. The Bertz CT molecular complexity index is 720. The molecule has 5 nitrogen and oxygen atoms in total. The number of hydrogen-bond donors (Lipinski definition) is 1. The molecule has 0 atom stereocenters. The van der Waals surface area contributed by atoms with Crippen LogP contribution in [0.4, 0.5) is 0 Å². The molecule has 1 saturated carbocycles. The van der Waals surface area contributed by atoms with Crippen molar-refractivity contribution in [2.75, 3.05) is 20.1 Å². The molecule has 1 aromatic carbocycles. The van der Waals surface area contributed by atoms with E-state index in [0.717, 1.165) is 24.6 Å². The largest absolute Gasteiger partial charge is 0.441 e. The molecule has 1 heterocycles. The van der Waals surface area contributed by atoms with E-state index in [4.69, 9.17) is 4.42 Å². The number of aryl methyl sites for hydroxylation is 1. The number of amides is 1. The standard InChI is InChI=1S/C22H31N3O2/c1-17-20(24-22(27-17)18-10-5-3-6-11-18)16-21(26)23-14-9-15-25(2)19-12-7-4-8-13-19/h3,5-6,10-11,19H,4,7-9,12-16H2,1-2H3,(H,23,26). The lowest BCUT2D eigenvalue weighted by Gasteiger charge is -2.31. The molecule has 0 spiro atoms. The highest BCUT2D eigenvalue weighted by Gasteiger charge is 2.18. The number of aromatic nitrogens is 1. The molecule has 0 radical (unpaired) electrons. The third-order valence-electron chi connectivity index (χ3n) is 5.45. The number of rotatable bonds is 8. The van der Waals surface area contributed by atoms with Crippen molar-refractivity contribution in [2.45, 2.75) is 57.9 Å². The number of benzene rings is 1. The predicted molar refractivity (Wildman–Crippen MR) is 108 cm³/mol. The summed E-state index contributed by atoms with van der Waals surface area (Å²) >= 11 is 0. The topological polar surface area (TPSA) is 58.4 Å². The van der Waals surface area contributed by atoms with Crippen molar-refractivity contribution >= 4 is 5.91 Å². The van der Waals surface area contributed by atoms with Crippen molar-refractivity contribution in [3.8, 4) is 11.5 Å². The maximum Gasteiger partial charge on any atom is 0.226 e. The number of carbonyl (C=O) groups is 1. The first kappa shape index (κ1) is 19.6. The number of hydrogen-bond acceptors (Lipinski definition) is 4. The van der Waals surface area contributed by atoms with E-state index in [2.05, 4.69) is 22.2 Å². The van der Waals surface area contributed by atoms with Gasteiger partial charge in [0.2, 0.25) is 11.8 Å². The van der Waals surface area contributed by atoms with E-state index < -0.39 is 0 Å². The Balaban J connectivity index is 1.41. The summed E-state index contributed by atoms with van der Waals surface area (Å²) in [5.41, 5.74) is 1.64. The van der Waals surface area contributed by atoms with Crippen molar-refractivity contribution < 1.29 is 9.21 Å². The summed E-state index contributed by atoms with van der Waals surface area (Å²) in [4.78, 5) is 19.2. The van der Waals surface area contributed by atoms with E-state index in [1.54, 1.807) is 0 Å². The maximum atomic E-state index is 12.3. The molecule has 2 aromatic rings. The Morgan fingerprint density at radius 3 is 2.70 bits per heavy atom. The molecule has 1 amide bonds. The molecule has 3 rings (SSSR count). The average molecular weight is 370 g/mol. The van der Waals surface area contributed by atoms with Gasteiger partial charge in [-0.2, -0.15) is 0 Å². The lowest BCUT2D eigenvalue weighted by atomic mass is 9.94. The molecule has 0 saturated heterocycles. The Hall–Kier alpha value is -2.14. The third-order valence-corrected chi connectivity index (χ3v) is 5.45. The van der Waals surface area contributed by atoms with E-state index in [1.807, 2.05) is 37.3 Å². The number of oxazole rings is 1. The fraction of sp³-hybridized carbons (Fsp3) is 0.545. The Labute approximate surface area is 162 Å². The molecule has 0 bridgehead atoms. The molecule has 0 aliphatic heterocycles. The minimum atomic E-state index is 0.00586. The first-order valence-corrected chi connectivity index (χ1v) is 10.1. The second kappa shape index (κ2) is 9.70. The molecule has 27 heavy (non-hydrogen) atoms. The van der Waals surface area contributed by atoms with Gasteiger partial charge in [0, 0.05) is 18.2 Å². The van der Waals surface area contributed by atoms with Gasteiger partial charge in [-0.15, -0.1) is 0 Å². The predicted octanol–water partition coefficient (Wildman–Crippen LogP) is 3.96. The molecular weight excluding hydrogens is 338 g/mol. The Morgan fingerprint density at radius 2 is 1.96 bits per heavy atom. The van der Waals surface area contributed by atoms with Gasteiger partial charge in [-0.3, -0.25) is 4.79 Å². The van der Waals surface area contributed by atoms with Crippen LogP contribution < -0.4 is 5.32 Å². The van der Waals surface area contributed by atoms with Gasteiger partial charge in [-0.25, -0.2) is 4.98 Å². The first-order valence-electron chi connectivity index (χ1n) is 10.1. The fourth-order valence-corrected chi connectivity index (χ4v) is 3.77. The van der Waals surface area contributed by atoms with Crippen LogP contribution in [-0.4, -0.2) is 42.0 Å². The minimum absolute atomic E-state index is 0.00586. The molecule has 0 unspecified atom stereocenters. The molecule has 5 heteroatoms. The zero-order chi connectivity index (χ0) is 19.1. The van der Waals surface area contributed by atoms with Crippen molar-refractivity contribution in [3.05, 3.63) is 41.8 Å². The van der Waals surface area contributed by atoms with Crippen molar-refractivity contribution in [3.63, 3.8) is 0 Å². The average Bonchev–Trinajstić information content (AvgIpc) is 3.07. The fourth-order valence-electron chi connectivity index (χ4n) is 3.77. The number of carbonyl (C=O) groups excluding carboxylic acids is 1. The zero-order valence-electron chi connectivity index (χ0n) is 16.5. The molecule has 1 aliphatic rings. The third kappa shape index (κ3) is 5.67. The summed E-state index contributed by atoms with van der Waals surface area (Å²) in [5, 5.41) is 3.02. The maximum absolute atomic E-state index is 12.3. The molecule has 1 fully saturated rings. The van der Waals surface area contributed by atoms with E-state index in [9.17, 15) is 4.79 Å². The molecule has 146 valence electrons. The second-order valence-corrected chi connectivity index (χ2v) is 7.54. The zero-order valence-corrected chi connectivity index (χ0v) is 16.5. The highest BCUT2D eigenvalue weighted by atomic mass is 16.4.